The van der Waals surface area contributed by atoms with Crippen molar-refractivity contribution in [2.75, 3.05) is 39.3 Å². The van der Waals surface area contributed by atoms with Gasteiger partial charge in [0, 0.05) is 19.6 Å². The van der Waals surface area contributed by atoms with Crippen molar-refractivity contribution >= 4 is 43.2 Å². The van der Waals surface area contributed by atoms with Gasteiger partial charge >= 0.3 is 0 Å². The van der Waals surface area contributed by atoms with Gasteiger partial charge in [-0.15, -0.1) is 11.3 Å². The molecule has 0 spiro atoms. The van der Waals surface area contributed by atoms with E-state index in [1.54, 1.807) is 32.7 Å². The first-order valence-corrected chi connectivity index (χ1v) is 10.9. The molecule has 0 saturated carbocycles. The molecular formula is C20H25N3O4S2. The van der Waals surface area contributed by atoms with Crippen LogP contribution >= 0.6 is 22.7 Å². The quantitative estimate of drug-likeness (QED) is 0.544. The average molecular weight is 436 g/mol. The third-order valence-corrected chi connectivity index (χ3v) is 6.73. The number of anilines is 1. The first-order valence-electron chi connectivity index (χ1n) is 9.26. The summed E-state index contributed by atoms with van der Waals surface area (Å²) in [7, 11) is 4.69. The summed E-state index contributed by atoms with van der Waals surface area (Å²) in [6.07, 6.45) is 0. The van der Waals surface area contributed by atoms with Gasteiger partial charge in [-0.1, -0.05) is 11.3 Å². The normalized spacial score (nSPS) is 10.8. The molecule has 156 valence electrons. The van der Waals surface area contributed by atoms with Crippen LogP contribution in [0.5, 0.6) is 17.2 Å². The van der Waals surface area contributed by atoms with Gasteiger partial charge in [0.1, 0.15) is 4.83 Å². The van der Waals surface area contributed by atoms with Gasteiger partial charge in [0.25, 0.3) is 5.91 Å². The fraction of sp³-hybridized carbons (Fsp3) is 0.400. The molecule has 0 saturated heterocycles. The first kappa shape index (κ1) is 21.2. The molecule has 1 amide bonds. The molecule has 0 aliphatic heterocycles. The molecule has 2 heterocycles. The van der Waals surface area contributed by atoms with Crippen molar-refractivity contribution in [3.05, 3.63) is 28.6 Å². The highest BCUT2D eigenvalue weighted by atomic mass is 32.1. The number of hydrogen-bond donors (Lipinski definition) is 1. The lowest BCUT2D eigenvalue weighted by Gasteiger charge is -2.16. The lowest BCUT2D eigenvalue weighted by atomic mass is 10.1. The largest absolute Gasteiger partial charge is 0.493 e. The van der Waals surface area contributed by atoms with Crippen LogP contribution in [-0.4, -0.2) is 45.3 Å². The summed E-state index contributed by atoms with van der Waals surface area (Å²) in [6.45, 7) is 6.40. The Morgan fingerprint density at radius 1 is 1.03 bits per heavy atom. The number of fused-ring (bicyclic) bond motifs is 1. The molecule has 3 aromatic rings. The molecule has 29 heavy (non-hydrogen) atoms. The maximum absolute atomic E-state index is 12.6. The Labute approximate surface area is 178 Å². The predicted octanol–water partition coefficient (Wildman–Crippen LogP) is 4.16. The van der Waals surface area contributed by atoms with Crippen LogP contribution in [0.3, 0.4) is 0 Å². The zero-order chi connectivity index (χ0) is 21.0. The summed E-state index contributed by atoms with van der Waals surface area (Å²) in [5.41, 5.74) is 0.855. The van der Waals surface area contributed by atoms with E-state index in [2.05, 4.69) is 29.0 Å². The number of benzene rings is 1. The summed E-state index contributed by atoms with van der Waals surface area (Å²) in [4.78, 5) is 21.1. The molecule has 0 aliphatic carbocycles. The first-order chi connectivity index (χ1) is 14.0. The number of thiazole rings is 1. The van der Waals surface area contributed by atoms with E-state index < -0.39 is 0 Å². The van der Waals surface area contributed by atoms with E-state index in [0.717, 1.165) is 33.3 Å². The Morgan fingerprint density at radius 2 is 1.69 bits per heavy atom. The molecule has 1 aromatic carbocycles. The van der Waals surface area contributed by atoms with E-state index in [9.17, 15) is 4.79 Å². The summed E-state index contributed by atoms with van der Waals surface area (Å²) >= 11 is 3.03. The zero-order valence-electron chi connectivity index (χ0n) is 17.2. The van der Waals surface area contributed by atoms with Gasteiger partial charge in [-0.25, -0.2) is 4.98 Å². The van der Waals surface area contributed by atoms with Crippen molar-refractivity contribution in [1.82, 2.24) is 10.3 Å². The number of rotatable bonds is 9. The topological polar surface area (TPSA) is 72.9 Å². The Kier molecular flexibility index (Phi) is 6.81. The molecule has 0 aliphatic rings. The van der Waals surface area contributed by atoms with Crippen LogP contribution in [0, 0.1) is 0 Å². The van der Waals surface area contributed by atoms with Crippen molar-refractivity contribution in [3.8, 4) is 17.2 Å². The zero-order valence-corrected chi connectivity index (χ0v) is 18.8. The van der Waals surface area contributed by atoms with Gasteiger partial charge in [0.15, 0.2) is 16.6 Å². The Morgan fingerprint density at radius 3 is 2.21 bits per heavy atom. The van der Waals surface area contributed by atoms with E-state index in [-0.39, 0.29) is 5.91 Å². The number of methoxy groups -OCH3 is 3. The second-order valence-corrected chi connectivity index (χ2v) is 8.20. The Bertz CT molecular complexity index is 938. The van der Waals surface area contributed by atoms with E-state index >= 15 is 0 Å². The number of thiophene rings is 1. The molecule has 1 N–H and O–H groups in total. The number of nitrogens with one attached hydrogen (secondary N) is 1. The molecule has 9 heteroatoms. The SMILES string of the molecule is CCN(CC)c1nc2sc(C(=O)NCc3cc(OC)c(OC)c(OC)c3)cc2s1. The van der Waals surface area contributed by atoms with Crippen LogP contribution in [0.1, 0.15) is 29.1 Å². The van der Waals surface area contributed by atoms with Crippen LogP contribution in [0.25, 0.3) is 9.53 Å². The highest BCUT2D eigenvalue weighted by Gasteiger charge is 2.17. The van der Waals surface area contributed by atoms with Crippen LogP contribution in [0.2, 0.25) is 0 Å². The number of amides is 1. The molecule has 3 rings (SSSR count). The van der Waals surface area contributed by atoms with Crippen molar-refractivity contribution in [2.45, 2.75) is 20.4 Å². The van der Waals surface area contributed by atoms with Crippen molar-refractivity contribution in [2.24, 2.45) is 0 Å². The highest BCUT2D eigenvalue weighted by molar-refractivity contribution is 7.29. The summed E-state index contributed by atoms with van der Waals surface area (Å²) in [6, 6.07) is 5.56. The summed E-state index contributed by atoms with van der Waals surface area (Å²) < 4.78 is 17.1. The van der Waals surface area contributed by atoms with E-state index in [1.807, 2.05) is 18.2 Å². The minimum absolute atomic E-state index is 0.127. The molecule has 0 unspecified atom stereocenters. The molecule has 0 bridgehead atoms. The van der Waals surface area contributed by atoms with Crippen molar-refractivity contribution in [1.29, 1.82) is 0 Å². The van der Waals surface area contributed by atoms with Gasteiger partial charge in [-0.05, 0) is 37.6 Å². The maximum atomic E-state index is 12.6. The number of carbonyl (C=O) groups is 1. The van der Waals surface area contributed by atoms with Gasteiger partial charge in [-0.2, -0.15) is 0 Å². The van der Waals surface area contributed by atoms with Gasteiger partial charge < -0.3 is 24.4 Å². The van der Waals surface area contributed by atoms with Crippen molar-refractivity contribution < 1.29 is 19.0 Å². The lowest BCUT2D eigenvalue weighted by Crippen LogP contribution is -2.22. The fourth-order valence-electron chi connectivity index (χ4n) is 2.97. The number of carbonyl (C=O) groups excluding carboxylic acids is 1. The maximum Gasteiger partial charge on any atom is 0.261 e. The van der Waals surface area contributed by atoms with E-state index in [1.165, 1.54) is 11.3 Å². The number of ether oxygens (including phenoxy) is 3. The van der Waals surface area contributed by atoms with Gasteiger partial charge in [-0.3, -0.25) is 4.79 Å². The summed E-state index contributed by atoms with van der Waals surface area (Å²) in [5.74, 6) is 1.51. The van der Waals surface area contributed by atoms with Gasteiger partial charge in [0.2, 0.25) is 5.75 Å². The number of aromatic nitrogens is 1. The number of hydrogen-bond acceptors (Lipinski definition) is 8. The summed E-state index contributed by atoms with van der Waals surface area (Å²) in [5, 5.41) is 3.95. The predicted molar refractivity (Wildman–Crippen MR) is 118 cm³/mol. The molecule has 7 nitrogen and oxygen atoms in total. The standard InChI is InChI=1S/C20H25N3O4S2/c1-6-23(7-2)20-22-19-16(29-20)10-15(28-19)18(24)21-11-12-8-13(25-3)17(27-5)14(9-12)26-4/h8-10H,6-7,11H2,1-5H3,(H,21,24). The van der Waals surface area contributed by atoms with Crippen LogP contribution in [0.15, 0.2) is 18.2 Å². The Balaban J connectivity index is 1.73. The minimum Gasteiger partial charge on any atom is -0.493 e. The second kappa shape index (κ2) is 9.32. The molecule has 0 atom stereocenters. The third kappa shape index (κ3) is 4.40. The van der Waals surface area contributed by atoms with Crippen LogP contribution in [0.4, 0.5) is 5.13 Å². The average Bonchev–Trinajstić information content (AvgIpc) is 3.31. The molecule has 0 radical (unpaired) electrons. The van der Waals surface area contributed by atoms with Crippen LogP contribution < -0.4 is 24.4 Å². The third-order valence-electron chi connectivity index (χ3n) is 4.51. The smallest absolute Gasteiger partial charge is 0.261 e. The van der Waals surface area contributed by atoms with E-state index in [0.29, 0.717) is 28.7 Å². The molecule has 2 aromatic heterocycles. The fourth-order valence-corrected chi connectivity index (χ4v) is 5.23. The monoisotopic (exact) mass is 435 g/mol. The van der Waals surface area contributed by atoms with Crippen LogP contribution in [-0.2, 0) is 6.54 Å². The highest BCUT2D eigenvalue weighted by Crippen LogP contribution is 2.38. The van der Waals surface area contributed by atoms with Crippen molar-refractivity contribution in [3.63, 3.8) is 0 Å². The lowest BCUT2D eigenvalue weighted by molar-refractivity contribution is 0.0955. The molecule has 0 fully saturated rings. The minimum atomic E-state index is -0.127. The number of nitrogens with zero attached hydrogens (tertiary/aromatic N) is 2. The molecular weight excluding hydrogens is 410 g/mol. The van der Waals surface area contributed by atoms with E-state index in [4.69, 9.17) is 14.2 Å². The second-order valence-electron chi connectivity index (χ2n) is 6.17. The Hall–Kier alpha value is -2.52. The van der Waals surface area contributed by atoms with Gasteiger partial charge in [0.05, 0.1) is 30.9 Å².